The summed E-state index contributed by atoms with van der Waals surface area (Å²) in [5.41, 5.74) is 4.88. The van der Waals surface area contributed by atoms with Crippen molar-refractivity contribution >= 4 is 0 Å². The van der Waals surface area contributed by atoms with Gasteiger partial charge in [-0.25, -0.2) is 0 Å². The molecule has 0 aliphatic heterocycles. The number of nitrogens with one attached hydrogen (secondary N) is 1. The van der Waals surface area contributed by atoms with Gasteiger partial charge in [-0.2, -0.15) is 0 Å². The molecule has 0 heterocycles. The van der Waals surface area contributed by atoms with Gasteiger partial charge in [0.2, 0.25) is 0 Å². The van der Waals surface area contributed by atoms with Crippen LogP contribution in [0.25, 0.3) is 0 Å². The van der Waals surface area contributed by atoms with Crippen molar-refractivity contribution in [1.29, 1.82) is 0 Å². The summed E-state index contributed by atoms with van der Waals surface area (Å²) in [5.74, 6) is 0. The van der Waals surface area contributed by atoms with E-state index in [2.05, 4.69) is 51.3 Å². The van der Waals surface area contributed by atoms with Crippen molar-refractivity contribution in [1.82, 2.24) is 5.32 Å². The van der Waals surface area contributed by atoms with E-state index in [4.69, 9.17) is 0 Å². The molecule has 0 bridgehead atoms. The Labute approximate surface area is 112 Å². The minimum absolute atomic E-state index is 0.479. The van der Waals surface area contributed by atoms with Gasteiger partial charge in [0.05, 0.1) is 0 Å². The van der Waals surface area contributed by atoms with Gasteiger partial charge >= 0.3 is 0 Å². The van der Waals surface area contributed by atoms with Crippen LogP contribution in [-0.4, -0.2) is 7.05 Å². The van der Waals surface area contributed by atoms with E-state index in [0.29, 0.717) is 11.5 Å². The highest BCUT2D eigenvalue weighted by atomic mass is 14.9. The summed E-state index contributed by atoms with van der Waals surface area (Å²) in [6.45, 7) is 6.85. The first-order valence-corrected chi connectivity index (χ1v) is 7.38. The Morgan fingerprint density at radius 2 is 1.89 bits per heavy atom. The van der Waals surface area contributed by atoms with Crippen LogP contribution in [0, 0.1) is 19.3 Å². The fourth-order valence-electron chi connectivity index (χ4n) is 3.80. The van der Waals surface area contributed by atoms with Crippen LogP contribution in [0.1, 0.15) is 61.8 Å². The van der Waals surface area contributed by atoms with Crippen LogP contribution < -0.4 is 5.32 Å². The minimum Gasteiger partial charge on any atom is -0.313 e. The molecule has 1 aromatic carbocycles. The summed E-state index contributed by atoms with van der Waals surface area (Å²) in [6.07, 6.45) is 6.84. The van der Waals surface area contributed by atoms with E-state index in [1.165, 1.54) is 48.8 Å². The molecule has 1 aromatic rings. The molecular weight excluding hydrogens is 218 g/mol. The quantitative estimate of drug-likeness (QED) is 0.821. The smallest absolute Gasteiger partial charge is 0.0377 e. The van der Waals surface area contributed by atoms with Crippen molar-refractivity contribution in [2.45, 2.75) is 58.9 Å². The van der Waals surface area contributed by atoms with E-state index in [1.54, 1.807) is 0 Å². The number of aryl methyl sites for hydroxylation is 1. The van der Waals surface area contributed by atoms with E-state index >= 15 is 0 Å². The number of hydrogen-bond donors (Lipinski definition) is 1. The van der Waals surface area contributed by atoms with Crippen molar-refractivity contribution in [3.63, 3.8) is 0 Å². The highest BCUT2D eigenvalue weighted by molar-refractivity contribution is 5.36. The highest BCUT2D eigenvalue weighted by Crippen LogP contribution is 2.50. The highest BCUT2D eigenvalue weighted by Gasteiger charge is 2.40. The molecule has 0 aromatic heterocycles. The molecule has 1 aliphatic rings. The second-order valence-corrected chi connectivity index (χ2v) is 5.93. The van der Waals surface area contributed by atoms with Crippen LogP contribution in [0.15, 0.2) is 18.2 Å². The van der Waals surface area contributed by atoms with Crippen molar-refractivity contribution in [2.24, 2.45) is 5.41 Å². The van der Waals surface area contributed by atoms with Gasteiger partial charge in [0, 0.05) is 6.04 Å². The van der Waals surface area contributed by atoms with Crippen molar-refractivity contribution in [3.05, 3.63) is 34.9 Å². The fraction of sp³-hybridized carbons (Fsp3) is 0.647. The Morgan fingerprint density at radius 1 is 1.22 bits per heavy atom. The fourth-order valence-corrected chi connectivity index (χ4v) is 3.80. The maximum atomic E-state index is 3.62. The lowest BCUT2D eigenvalue weighted by atomic mass is 9.72. The van der Waals surface area contributed by atoms with Crippen molar-refractivity contribution in [2.75, 3.05) is 7.05 Å². The molecule has 1 atom stereocenters. The Morgan fingerprint density at radius 3 is 2.44 bits per heavy atom. The topological polar surface area (TPSA) is 12.0 Å². The van der Waals surface area contributed by atoms with E-state index < -0.39 is 0 Å². The molecule has 1 unspecified atom stereocenters. The molecule has 0 spiro atoms. The first kappa shape index (κ1) is 13.6. The molecule has 2 rings (SSSR count). The molecule has 100 valence electrons. The van der Waals surface area contributed by atoms with Crippen LogP contribution in [0.4, 0.5) is 0 Å². The first-order chi connectivity index (χ1) is 8.64. The number of hydrogen-bond acceptors (Lipinski definition) is 1. The lowest BCUT2D eigenvalue weighted by Crippen LogP contribution is -2.34. The summed E-state index contributed by atoms with van der Waals surface area (Å²) in [4.78, 5) is 0. The molecule has 0 saturated heterocycles. The third-order valence-electron chi connectivity index (χ3n) is 5.16. The van der Waals surface area contributed by atoms with Crippen LogP contribution >= 0.6 is 0 Å². The summed E-state index contributed by atoms with van der Waals surface area (Å²) in [7, 11) is 2.13. The molecule has 1 aliphatic carbocycles. The van der Waals surface area contributed by atoms with E-state index in [-0.39, 0.29) is 0 Å². The molecule has 1 nitrogen and oxygen atoms in total. The van der Waals surface area contributed by atoms with Gasteiger partial charge in [-0.05, 0) is 62.3 Å². The van der Waals surface area contributed by atoms with Crippen LogP contribution in [0.3, 0.4) is 0 Å². The summed E-state index contributed by atoms with van der Waals surface area (Å²) in [6, 6.07) is 7.27. The lowest BCUT2D eigenvalue weighted by molar-refractivity contribution is 0.194. The average molecular weight is 245 g/mol. The Bertz CT molecular complexity index is 402. The molecule has 18 heavy (non-hydrogen) atoms. The summed E-state index contributed by atoms with van der Waals surface area (Å²) >= 11 is 0. The zero-order valence-electron chi connectivity index (χ0n) is 12.3. The van der Waals surface area contributed by atoms with E-state index in [0.717, 1.165) is 0 Å². The van der Waals surface area contributed by atoms with Gasteiger partial charge in [-0.3, -0.25) is 0 Å². The predicted octanol–water partition coefficient (Wildman–Crippen LogP) is 4.53. The number of rotatable bonds is 4. The largest absolute Gasteiger partial charge is 0.313 e. The van der Waals surface area contributed by atoms with Crippen molar-refractivity contribution < 1.29 is 0 Å². The predicted molar refractivity (Wildman–Crippen MR) is 78.9 cm³/mol. The standard InChI is InChI=1S/C17H27N/c1-5-17(11-6-7-12-17)16(18-4)15-10-8-9-13(2)14(15)3/h8-10,16,18H,5-7,11-12H2,1-4H3. The second kappa shape index (κ2) is 5.44. The van der Waals surface area contributed by atoms with Crippen LogP contribution in [0.2, 0.25) is 0 Å². The lowest BCUT2D eigenvalue weighted by Gasteiger charge is -2.38. The van der Waals surface area contributed by atoms with Crippen LogP contribution in [-0.2, 0) is 0 Å². The Kier molecular flexibility index (Phi) is 4.11. The molecule has 1 fully saturated rings. The Hall–Kier alpha value is -0.820. The maximum absolute atomic E-state index is 3.62. The van der Waals surface area contributed by atoms with Gasteiger partial charge in [-0.1, -0.05) is 38.0 Å². The molecule has 1 N–H and O–H groups in total. The van der Waals surface area contributed by atoms with E-state index in [9.17, 15) is 0 Å². The van der Waals surface area contributed by atoms with Gasteiger partial charge in [0.1, 0.15) is 0 Å². The molecule has 0 radical (unpaired) electrons. The van der Waals surface area contributed by atoms with Gasteiger partial charge in [0.15, 0.2) is 0 Å². The van der Waals surface area contributed by atoms with Crippen LogP contribution in [0.5, 0.6) is 0 Å². The maximum Gasteiger partial charge on any atom is 0.0377 e. The Balaban J connectivity index is 2.41. The minimum atomic E-state index is 0.479. The zero-order valence-corrected chi connectivity index (χ0v) is 12.3. The summed E-state index contributed by atoms with van der Waals surface area (Å²) < 4.78 is 0. The molecular formula is C17H27N. The number of benzene rings is 1. The zero-order chi connectivity index (χ0) is 13.2. The molecule has 0 amide bonds. The van der Waals surface area contributed by atoms with Gasteiger partial charge in [0.25, 0.3) is 0 Å². The third-order valence-corrected chi connectivity index (χ3v) is 5.16. The first-order valence-electron chi connectivity index (χ1n) is 7.38. The SMILES string of the molecule is CCC1(C(NC)c2cccc(C)c2C)CCCC1. The normalized spacial score (nSPS) is 20.0. The van der Waals surface area contributed by atoms with Crippen molar-refractivity contribution in [3.8, 4) is 0 Å². The van der Waals surface area contributed by atoms with Gasteiger partial charge < -0.3 is 5.32 Å². The van der Waals surface area contributed by atoms with E-state index in [1.807, 2.05) is 0 Å². The summed E-state index contributed by atoms with van der Waals surface area (Å²) in [5, 5.41) is 3.62. The van der Waals surface area contributed by atoms with Gasteiger partial charge in [-0.15, -0.1) is 0 Å². The molecule has 1 heteroatoms. The second-order valence-electron chi connectivity index (χ2n) is 5.93. The molecule has 1 saturated carbocycles. The third kappa shape index (κ3) is 2.21. The monoisotopic (exact) mass is 245 g/mol. The average Bonchev–Trinajstić information content (AvgIpc) is 2.85.